The number of fused-ring (bicyclic) bond motifs is 3. The van der Waals surface area contributed by atoms with E-state index in [9.17, 15) is 9.59 Å². The molecule has 12 heteroatoms. The maximum atomic E-state index is 12.0. The number of rotatable bonds is 9. The Balaban J connectivity index is 0.000000246. The van der Waals surface area contributed by atoms with Crippen molar-refractivity contribution < 1.29 is 9.59 Å². The first kappa shape index (κ1) is 36.3. The number of amides is 2. The van der Waals surface area contributed by atoms with Crippen molar-refractivity contribution in [2.45, 2.75) is 104 Å². The predicted octanol–water partition coefficient (Wildman–Crippen LogP) is 6.35. The summed E-state index contributed by atoms with van der Waals surface area (Å²) in [5, 5.41) is 16.0. The fourth-order valence-electron chi connectivity index (χ4n) is 5.60. The second-order valence-electron chi connectivity index (χ2n) is 12.5. The normalized spacial score (nSPS) is 13.1. The fourth-order valence-corrected chi connectivity index (χ4v) is 7.17. The summed E-state index contributed by atoms with van der Waals surface area (Å²) in [7, 11) is 5.08. The number of carbonyl (C=O) groups excluding carboxylic acids is 2. The molecule has 1 aromatic carbocycles. The third-order valence-corrected chi connectivity index (χ3v) is 8.94. The van der Waals surface area contributed by atoms with Gasteiger partial charge in [-0.15, -0.1) is 33.1 Å². The van der Waals surface area contributed by atoms with E-state index < -0.39 is 5.54 Å². The molecule has 0 aliphatic carbocycles. The van der Waals surface area contributed by atoms with Gasteiger partial charge in [-0.2, -0.15) is 5.82 Å². The average Bonchev–Trinajstić information content (AvgIpc) is 3.36. The minimum absolute atomic E-state index is 0.0341. The zero-order valence-electron chi connectivity index (χ0n) is 27.3. The van der Waals surface area contributed by atoms with Crippen molar-refractivity contribution in [3.63, 3.8) is 0 Å². The number of aromatic nitrogens is 3. The lowest BCUT2D eigenvalue weighted by Crippen LogP contribution is -2.53. The minimum Gasteiger partial charge on any atom is -0.351 e. The SMILES string of the molecule is Cc1sc2c(c1C)C(c1ccc(Cl)cc1)=NCc1nnc(C)n1-2.[B]C#CC(Cl)CCCC(=O)NC(C)(C)CC(C)(C)NC(C)=O. The molecule has 1 aliphatic rings. The van der Waals surface area contributed by atoms with Gasteiger partial charge < -0.3 is 10.6 Å². The molecule has 2 radical (unpaired) electrons. The minimum atomic E-state index is -0.416. The molecule has 4 rings (SSSR count). The third-order valence-electron chi connectivity index (χ3n) is 7.17. The highest BCUT2D eigenvalue weighted by Crippen LogP contribution is 2.36. The number of hydrogen-bond donors (Lipinski definition) is 2. The van der Waals surface area contributed by atoms with Crippen LogP contribution in [-0.4, -0.2) is 56.6 Å². The number of hydrogen-bond acceptors (Lipinski definition) is 6. The summed E-state index contributed by atoms with van der Waals surface area (Å²) in [5.41, 5.74) is 3.72. The first-order chi connectivity index (χ1) is 21.0. The van der Waals surface area contributed by atoms with E-state index >= 15 is 0 Å². The van der Waals surface area contributed by atoms with E-state index in [-0.39, 0.29) is 22.7 Å². The van der Waals surface area contributed by atoms with Gasteiger partial charge in [-0.1, -0.05) is 29.7 Å². The second-order valence-corrected chi connectivity index (χ2v) is 14.6. The highest BCUT2D eigenvalue weighted by Gasteiger charge is 2.30. The maximum absolute atomic E-state index is 12.0. The van der Waals surface area contributed by atoms with Gasteiger partial charge in [-0.05, 0) is 85.4 Å². The van der Waals surface area contributed by atoms with E-state index in [1.54, 1.807) is 11.3 Å². The first-order valence-electron chi connectivity index (χ1n) is 14.8. The molecule has 0 saturated carbocycles. The summed E-state index contributed by atoms with van der Waals surface area (Å²) in [5.74, 6) is 6.57. The van der Waals surface area contributed by atoms with Crippen LogP contribution in [0.1, 0.15) is 93.5 Å². The standard InChI is InChI=1S/C17H15ClN4S.C16H26BClN2O2/c1-9-10(2)23-17-15(9)16(12-4-6-13(18)7-5-12)19-8-14-21-20-11(3)22(14)17;1-12(21)19-15(2,3)11-16(4,5)20-14(22)8-6-7-13(18)9-10-17/h4-7H,8H2,1-3H3;13H,6-8,11H2,1-5H3,(H,19,21)(H,20,22). The van der Waals surface area contributed by atoms with Crippen LogP contribution in [0.4, 0.5) is 0 Å². The number of aryl methyl sites for hydroxylation is 2. The number of aliphatic imine (C=N–C) groups is 1. The molecule has 2 aromatic heterocycles. The van der Waals surface area contributed by atoms with Gasteiger partial charge in [-0.3, -0.25) is 19.1 Å². The van der Waals surface area contributed by atoms with Crippen LogP contribution in [0.15, 0.2) is 29.3 Å². The largest absolute Gasteiger partial charge is 0.351 e. The van der Waals surface area contributed by atoms with Crippen LogP contribution in [0, 0.1) is 32.5 Å². The molecule has 2 N–H and O–H groups in total. The third kappa shape index (κ3) is 10.2. The van der Waals surface area contributed by atoms with Crippen molar-refractivity contribution in [3.8, 4) is 16.7 Å². The van der Waals surface area contributed by atoms with E-state index in [4.69, 9.17) is 36.0 Å². The van der Waals surface area contributed by atoms with Crippen LogP contribution in [0.25, 0.3) is 5.00 Å². The highest BCUT2D eigenvalue weighted by molar-refractivity contribution is 7.15. The van der Waals surface area contributed by atoms with Gasteiger partial charge >= 0.3 is 0 Å². The second kappa shape index (κ2) is 15.4. The number of nitrogens with one attached hydrogen (secondary N) is 2. The van der Waals surface area contributed by atoms with Crippen molar-refractivity contribution in [1.82, 2.24) is 25.4 Å². The number of benzene rings is 1. The maximum Gasteiger partial charge on any atom is 0.220 e. The summed E-state index contributed by atoms with van der Waals surface area (Å²) in [6.45, 7) is 16.1. The lowest BCUT2D eigenvalue weighted by Gasteiger charge is -2.36. The Hall–Kier alpha value is -3.13. The van der Waals surface area contributed by atoms with Crippen LogP contribution in [0.3, 0.4) is 0 Å². The Bertz CT molecular complexity index is 1620. The summed E-state index contributed by atoms with van der Waals surface area (Å²) in [4.78, 5) is 29.3. The molecular weight excluding hydrogens is 626 g/mol. The molecule has 0 spiro atoms. The van der Waals surface area contributed by atoms with Gasteiger partial charge in [0.15, 0.2) is 13.7 Å². The summed E-state index contributed by atoms with van der Waals surface area (Å²) >= 11 is 13.7. The van der Waals surface area contributed by atoms with Crippen molar-refractivity contribution in [2.24, 2.45) is 4.99 Å². The lowest BCUT2D eigenvalue weighted by molar-refractivity contribution is -0.123. The molecule has 8 nitrogen and oxygen atoms in total. The Morgan fingerprint density at radius 2 is 1.73 bits per heavy atom. The molecule has 1 unspecified atom stereocenters. The zero-order chi connectivity index (χ0) is 33.5. The van der Waals surface area contributed by atoms with Gasteiger partial charge in [0.2, 0.25) is 11.8 Å². The highest BCUT2D eigenvalue weighted by atomic mass is 35.5. The Morgan fingerprint density at radius 3 is 2.36 bits per heavy atom. The van der Waals surface area contributed by atoms with E-state index in [0.717, 1.165) is 32.9 Å². The monoisotopic (exact) mass is 666 g/mol. The molecule has 0 saturated heterocycles. The number of alkyl halides is 1. The molecule has 45 heavy (non-hydrogen) atoms. The van der Waals surface area contributed by atoms with Gasteiger partial charge in [0.1, 0.15) is 17.4 Å². The topological polar surface area (TPSA) is 101 Å². The number of halogens is 2. The Labute approximate surface area is 282 Å². The van der Waals surface area contributed by atoms with Crippen molar-refractivity contribution in [2.75, 3.05) is 0 Å². The van der Waals surface area contributed by atoms with Crippen LogP contribution in [-0.2, 0) is 16.1 Å². The van der Waals surface area contributed by atoms with Gasteiger partial charge in [0.05, 0.1) is 11.1 Å². The summed E-state index contributed by atoms with van der Waals surface area (Å²) < 4.78 is 2.13. The van der Waals surface area contributed by atoms with E-state index in [1.165, 1.54) is 22.9 Å². The number of carbonyl (C=O) groups is 2. The average molecular weight is 668 g/mol. The van der Waals surface area contributed by atoms with Crippen molar-refractivity contribution in [1.29, 1.82) is 0 Å². The molecule has 3 aromatic rings. The molecule has 0 bridgehead atoms. The molecular formula is C33H41BCl2N6O2S. The molecule has 0 fully saturated rings. The predicted molar refractivity (Wildman–Crippen MR) is 186 cm³/mol. The van der Waals surface area contributed by atoms with Crippen molar-refractivity contribution in [3.05, 3.63) is 62.5 Å². The molecule has 3 heterocycles. The number of thiophene rings is 1. The fraction of sp³-hybridized carbons (Fsp3) is 0.485. The summed E-state index contributed by atoms with van der Waals surface area (Å²) in [6.07, 6.45) is 2.29. The zero-order valence-corrected chi connectivity index (χ0v) is 29.6. The van der Waals surface area contributed by atoms with Gasteiger partial charge in [0.25, 0.3) is 0 Å². The molecule has 2 amide bonds. The Kier molecular flexibility index (Phi) is 12.5. The first-order valence-corrected chi connectivity index (χ1v) is 16.4. The van der Waals surface area contributed by atoms with E-state index in [0.29, 0.717) is 32.2 Å². The number of nitrogens with zero attached hydrogens (tertiary/aromatic N) is 4. The van der Waals surface area contributed by atoms with E-state index in [2.05, 4.69) is 51.0 Å². The van der Waals surface area contributed by atoms with Gasteiger partial charge in [-0.25, -0.2) is 0 Å². The smallest absolute Gasteiger partial charge is 0.220 e. The summed E-state index contributed by atoms with van der Waals surface area (Å²) in [6, 6.07) is 7.86. The molecule has 1 aliphatic heterocycles. The van der Waals surface area contributed by atoms with Crippen LogP contribution in [0.5, 0.6) is 0 Å². The lowest BCUT2D eigenvalue weighted by atomic mass is 9.86. The van der Waals surface area contributed by atoms with E-state index in [1.807, 2.05) is 58.9 Å². The Morgan fingerprint density at radius 1 is 1.09 bits per heavy atom. The van der Waals surface area contributed by atoms with Crippen LogP contribution in [0.2, 0.25) is 5.02 Å². The molecule has 1 atom stereocenters. The van der Waals surface area contributed by atoms with Crippen LogP contribution >= 0.6 is 34.5 Å². The van der Waals surface area contributed by atoms with Crippen LogP contribution < -0.4 is 10.6 Å². The van der Waals surface area contributed by atoms with Gasteiger partial charge in [0, 0.05) is 45.4 Å². The molecule has 238 valence electrons. The van der Waals surface area contributed by atoms with Crippen molar-refractivity contribution >= 4 is 59.9 Å². The quantitative estimate of drug-likeness (QED) is 0.158.